The van der Waals surface area contributed by atoms with Crippen molar-refractivity contribution in [3.63, 3.8) is 0 Å². The summed E-state index contributed by atoms with van der Waals surface area (Å²) in [5.74, 6) is 1.14. The molecule has 0 N–H and O–H groups in total. The average Bonchev–Trinajstić information content (AvgIpc) is 1.65. The molecule has 0 aromatic carbocycles. The second kappa shape index (κ2) is 4.13. The molecule has 1 nitrogen and oxygen atoms in total. The van der Waals surface area contributed by atoms with Crippen molar-refractivity contribution < 1.29 is 4.21 Å². The molecule has 0 bridgehead atoms. The fourth-order valence-electron chi connectivity index (χ4n) is 0.398. The van der Waals surface area contributed by atoms with Crippen molar-refractivity contribution in [2.24, 2.45) is 5.92 Å². The van der Waals surface area contributed by atoms with E-state index in [1.54, 1.807) is 0 Å². The quantitative estimate of drug-likeness (QED) is 0.518. The lowest BCUT2D eigenvalue weighted by molar-refractivity contribution is 0.620. The first-order valence-corrected chi connectivity index (χ1v) is 4.17. The molecule has 0 aliphatic heterocycles. The minimum atomic E-state index is -1.10. The Morgan fingerprint density at radius 2 is 2.25 bits per heavy atom. The number of rotatable bonds is 3. The molecule has 2 unspecified atom stereocenters. The first kappa shape index (κ1) is 8.21. The number of hydrogen-bond donors (Lipinski definition) is 0. The molecule has 0 heterocycles. The molecule has 46 valence electrons. The van der Waals surface area contributed by atoms with Gasteiger partial charge in [0.15, 0.2) is 0 Å². The Bertz CT molecular complexity index is 84.5. The summed E-state index contributed by atoms with van der Waals surface area (Å²) in [6.45, 7) is 4.11. The second-order valence-corrected chi connectivity index (χ2v) is 3.16. The Kier molecular flexibility index (Phi) is 4.24. The van der Waals surface area contributed by atoms with E-state index in [4.69, 9.17) is 7.12 Å². The summed E-state index contributed by atoms with van der Waals surface area (Å²) in [4.78, 5) is 0. The molecule has 0 saturated carbocycles. The highest BCUT2D eigenvalue weighted by Gasteiger charge is 1.98. The molecule has 0 aromatic rings. The highest BCUT2D eigenvalue weighted by Crippen LogP contribution is 2.00. The van der Waals surface area contributed by atoms with Gasteiger partial charge >= 0.3 is 0 Å². The van der Waals surface area contributed by atoms with E-state index in [0.717, 1.165) is 6.42 Å². The van der Waals surface area contributed by atoms with Crippen LogP contribution in [0.3, 0.4) is 0 Å². The van der Waals surface area contributed by atoms with Gasteiger partial charge in [-0.2, -0.15) is 0 Å². The smallest absolute Gasteiger partial charge is 0.210 e. The molecule has 2 atom stereocenters. The molecule has 0 fully saturated rings. The fourth-order valence-corrected chi connectivity index (χ4v) is 1.19. The Balaban J connectivity index is 3.24. The van der Waals surface area contributed by atoms with Gasteiger partial charge in [-0.05, 0) is 16.6 Å². The standard InChI is InChI=1S/C5H11BOS/c1-3-5(2)4-8(6)7/h5H,3-4H2,1-2H3. The maximum absolute atomic E-state index is 10.3. The van der Waals surface area contributed by atoms with Gasteiger partial charge in [0.2, 0.25) is 7.12 Å². The molecule has 0 amide bonds. The monoisotopic (exact) mass is 130 g/mol. The van der Waals surface area contributed by atoms with E-state index in [-0.39, 0.29) is 0 Å². The highest BCUT2D eigenvalue weighted by atomic mass is 32.2. The van der Waals surface area contributed by atoms with Crippen molar-refractivity contribution in [1.29, 1.82) is 0 Å². The molecule has 2 radical (unpaired) electrons. The van der Waals surface area contributed by atoms with E-state index in [9.17, 15) is 4.21 Å². The number of hydrogen-bond acceptors (Lipinski definition) is 1. The highest BCUT2D eigenvalue weighted by molar-refractivity contribution is 8.06. The summed E-state index contributed by atoms with van der Waals surface area (Å²) in [5, 5.41) is 0. The van der Waals surface area contributed by atoms with Crippen molar-refractivity contribution in [3.05, 3.63) is 0 Å². The molecule has 0 spiro atoms. The van der Waals surface area contributed by atoms with Crippen LogP contribution in [0.25, 0.3) is 0 Å². The van der Waals surface area contributed by atoms with E-state index in [0.29, 0.717) is 11.7 Å². The largest absolute Gasteiger partial charge is 0.273 e. The van der Waals surface area contributed by atoms with Gasteiger partial charge < -0.3 is 0 Å². The van der Waals surface area contributed by atoms with Crippen LogP contribution in [0.2, 0.25) is 0 Å². The summed E-state index contributed by atoms with van der Waals surface area (Å²) < 4.78 is 10.3. The van der Waals surface area contributed by atoms with Gasteiger partial charge in [-0.25, -0.2) is 0 Å². The van der Waals surface area contributed by atoms with Gasteiger partial charge in [-0.1, -0.05) is 20.3 Å². The summed E-state index contributed by atoms with van der Waals surface area (Å²) in [7, 11) is 3.95. The minimum absolute atomic E-state index is 0.501. The van der Waals surface area contributed by atoms with Gasteiger partial charge in [0.1, 0.15) is 0 Å². The molecule has 0 aromatic heterocycles. The van der Waals surface area contributed by atoms with Crippen LogP contribution >= 0.6 is 0 Å². The normalized spacial score (nSPS) is 17.8. The topological polar surface area (TPSA) is 17.1 Å². The molecule has 0 aliphatic rings. The maximum atomic E-state index is 10.3. The summed E-state index contributed by atoms with van der Waals surface area (Å²) in [6, 6.07) is 0. The SMILES string of the molecule is [B]S(=O)CC(C)CC. The van der Waals surface area contributed by atoms with Crippen LogP contribution in [0, 0.1) is 5.92 Å². The zero-order valence-electron chi connectivity index (χ0n) is 5.39. The Morgan fingerprint density at radius 3 is 2.38 bits per heavy atom. The van der Waals surface area contributed by atoms with Crippen LogP contribution in [0.5, 0.6) is 0 Å². The maximum Gasteiger partial charge on any atom is 0.210 e. The van der Waals surface area contributed by atoms with Crippen molar-refractivity contribution in [2.75, 3.05) is 5.75 Å². The lowest BCUT2D eigenvalue weighted by Gasteiger charge is -2.03. The Labute approximate surface area is 54.6 Å². The van der Waals surface area contributed by atoms with Gasteiger partial charge in [0.05, 0.1) is 0 Å². The lowest BCUT2D eigenvalue weighted by Crippen LogP contribution is -2.05. The van der Waals surface area contributed by atoms with Crippen LogP contribution < -0.4 is 0 Å². The van der Waals surface area contributed by atoms with E-state index >= 15 is 0 Å². The first-order valence-electron chi connectivity index (χ1n) is 2.79. The van der Waals surface area contributed by atoms with Crippen LogP contribution in [0.1, 0.15) is 20.3 Å². The van der Waals surface area contributed by atoms with Gasteiger partial charge in [0.25, 0.3) is 0 Å². The third-order valence-electron chi connectivity index (χ3n) is 1.15. The van der Waals surface area contributed by atoms with E-state index < -0.39 is 10.7 Å². The van der Waals surface area contributed by atoms with Crippen LogP contribution in [-0.4, -0.2) is 17.1 Å². The molecule has 8 heavy (non-hydrogen) atoms. The minimum Gasteiger partial charge on any atom is -0.273 e. The van der Waals surface area contributed by atoms with E-state index in [1.807, 2.05) is 6.92 Å². The summed E-state index contributed by atoms with van der Waals surface area (Å²) in [6.07, 6.45) is 1.06. The molecule has 0 saturated heterocycles. The Morgan fingerprint density at radius 1 is 1.75 bits per heavy atom. The molecule has 0 rings (SSSR count). The van der Waals surface area contributed by atoms with Crippen molar-refractivity contribution in [1.82, 2.24) is 0 Å². The lowest BCUT2D eigenvalue weighted by atomic mass is 10.2. The fraction of sp³-hybridized carbons (Fsp3) is 1.00. The van der Waals surface area contributed by atoms with Crippen molar-refractivity contribution in [3.8, 4) is 0 Å². The van der Waals surface area contributed by atoms with Crippen molar-refractivity contribution in [2.45, 2.75) is 20.3 Å². The third-order valence-corrected chi connectivity index (χ3v) is 2.04. The van der Waals surface area contributed by atoms with Crippen LogP contribution in [-0.2, 0) is 10.7 Å². The Hall–Kier alpha value is 0.215. The summed E-state index contributed by atoms with van der Waals surface area (Å²) >= 11 is 0. The molecule has 0 aliphatic carbocycles. The van der Waals surface area contributed by atoms with Gasteiger partial charge in [-0.15, -0.1) is 0 Å². The zero-order chi connectivity index (χ0) is 6.57. The van der Waals surface area contributed by atoms with Gasteiger partial charge in [0, 0.05) is 5.75 Å². The third kappa shape index (κ3) is 4.38. The van der Waals surface area contributed by atoms with E-state index in [1.165, 1.54) is 0 Å². The first-order chi connectivity index (χ1) is 3.66. The second-order valence-electron chi connectivity index (χ2n) is 2.06. The predicted octanol–water partition coefficient (Wildman–Crippen LogP) is 0.865. The predicted molar refractivity (Wildman–Crippen MR) is 38.2 cm³/mol. The van der Waals surface area contributed by atoms with Crippen LogP contribution in [0.15, 0.2) is 0 Å². The van der Waals surface area contributed by atoms with Crippen LogP contribution in [0.4, 0.5) is 0 Å². The van der Waals surface area contributed by atoms with E-state index in [2.05, 4.69) is 6.92 Å². The molecular weight excluding hydrogens is 119 g/mol. The zero-order valence-corrected chi connectivity index (χ0v) is 6.20. The molecular formula is C5H11BOS. The average molecular weight is 130 g/mol. The summed E-state index contributed by atoms with van der Waals surface area (Å²) in [5.41, 5.74) is 0. The van der Waals surface area contributed by atoms with Gasteiger partial charge in [-0.3, -0.25) is 4.21 Å². The molecule has 3 heteroatoms. The van der Waals surface area contributed by atoms with Crippen molar-refractivity contribution >= 4 is 17.8 Å².